The first-order valence-corrected chi connectivity index (χ1v) is 6.08. The third-order valence-electron chi connectivity index (χ3n) is 2.16. The van der Waals surface area contributed by atoms with Gasteiger partial charge in [-0.25, -0.2) is 9.97 Å². The van der Waals surface area contributed by atoms with Crippen molar-refractivity contribution in [2.75, 3.05) is 5.32 Å². The largest absolute Gasteiger partial charge is 0.507 e. The average molecular weight is 319 g/mol. The molecule has 1 aromatic carbocycles. The number of benzene rings is 1. The summed E-state index contributed by atoms with van der Waals surface area (Å²) in [6.07, 6.45) is 1.26. The predicted molar refractivity (Wildman–Crippen MR) is 73.1 cm³/mol. The molecule has 0 unspecified atom stereocenters. The molecule has 2 rings (SSSR count). The highest BCUT2D eigenvalue weighted by molar-refractivity contribution is 6.34. The number of carbonyl (C=O) groups is 1. The van der Waals surface area contributed by atoms with Crippen LogP contribution in [-0.2, 0) is 0 Å². The summed E-state index contributed by atoms with van der Waals surface area (Å²) in [4.78, 5) is 19.3. The summed E-state index contributed by atoms with van der Waals surface area (Å²) < 4.78 is 0. The number of halogens is 3. The van der Waals surface area contributed by atoms with Crippen molar-refractivity contribution in [2.24, 2.45) is 0 Å². The highest BCUT2D eigenvalue weighted by atomic mass is 35.5. The van der Waals surface area contributed by atoms with Crippen LogP contribution in [0.1, 0.15) is 10.4 Å². The zero-order valence-electron chi connectivity index (χ0n) is 9.19. The molecule has 8 heteroatoms. The van der Waals surface area contributed by atoms with Gasteiger partial charge in [-0.1, -0.05) is 23.2 Å². The predicted octanol–water partition coefficient (Wildman–Crippen LogP) is 3.39. The number of hydrogen-bond acceptors (Lipinski definition) is 4. The summed E-state index contributed by atoms with van der Waals surface area (Å²) in [7, 11) is 0. The zero-order chi connectivity index (χ0) is 14.0. The average Bonchev–Trinajstić information content (AvgIpc) is 2.35. The van der Waals surface area contributed by atoms with E-state index >= 15 is 0 Å². The van der Waals surface area contributed by atoms with Gasteiger partial charge in [0.05, 0.1) is 17.4 Å². The van der Waals surface area contributed by atoms with Crippen molar-refractivity contribution in [3.05, 3.63) is 45.4 Å². The Labute approximate surface area is 123 Å². The Morgan fingerprint density at radius 2 is 2.00 bits per heavy atom. The third-order valence-corrected chi connectivity index (χ3v) is 2.87. The number of hydrogen-bond donors (Lipinski definition) is 2. The molecule has 0 aliphatic heterocycles. The van der Waals surface area contributed by atoms with E-state index in [4.69, 9.17) is 34.8 Å². The lowest BCUT2D eigenvalue weighted by Gasteiger charge is -2.07. The maximum atomic E-state index is 11.9. The standard InChI is InChI=1S/C11H6Cl3N3O2/c12-5-1-2-8(18)6(3-5)10(19)16-7-4-15-11(14)17-9(7)13/h1-4,18H,(H,16,19). The molecule has 0 bridgehead atoms. The Morgan fingerprint density at radius 3 is 2.68 bits per heavy atom. The van der Waals surface area contributed by atoms with Gasteiger partial charge in [-0.3, -0.25) is 4.79 Å². The van der Waals surface area contributed by atoms with E-state index < -0.39 is 5.91 Å². The third kappa shape index (κ3) is 3.26. The zero-order valence-corrected chi connectivity index (χ0v) is 11.5. The molecule has 98 valence electrons. The molecule has 1 aromatic heterocycles. The van der Waals surface area contributed by atoms with Crippen LogP contribution in [0.15, 0.2) is 24.4 Å². The summed E-state index contributed by atoms with van der Waals surface area (Å²) in [5.41, 5.74) is 0.189. The second kappa shape index (κ2) is 5.61. The van der Waals surface area contributed by atoms with Crippen LogP contribution >= 0.6 is 34.8 Å². The molecule has 5 nitrogen and oxygen atoms in total. The van der Waals surface area contributed by atoms with Gasteiger partial charge in [0.1, 0.15) is 5.75 Å². The van der Waals surface area contributed by atoms with Gasteiger partial charge in [0, 0.05) is 5.02 Å². The van der Waals surface area contributed by atoms with Gasteiger partial charge in [0.25, 0.3) is 5.91 Å². The fourth-order valence-corrected chi connectivity index (χ4v) is 1.83. The SMILES string of the molecule is O=C(Nc1cnc(Cl)nc1Cl)c1cc(Cl)ccc1O. The number of carbonyl (C=O) groups excluding carboxylic acids is 1. The molecule has 0 saturated heterocycles. The number of nitrogens with zero attached hydrogens (tertiary/aromatic N) is 2. The van der Waals surface area contributed by atoms with Crippen molar-refractivity contribution in [1.82, 2.24) is 9.97 Å². The minimum absolute atomic E-state index is 0.00475. The van der Waals surface area contributed by atoms with Crippen molar-refractivity contribution in [2.45, 2.75) is 0 Å². The van der Waals surface area contributed by atoms with Crippen LogP contribution in [0, 0.1) is 0 Å². The van der Waals surface area contributed by atoms with Crippen LogP contribution in [0.25, 0.3) is 0 Å². The molecule has 0 fully saturated rings. The van der Waals surface area contributed by atoms with Gasteiger partial charge in [-0.2, -0.15) is 0 Å². The van der Waals surface area contributed by atoms with Gasteiger partial charge < -0.3 is 10.4 Å². The van der Waals surface area contributed by atoms with E-state index in [-0.39, 0.29) is 27.4 Å². The number of phenolic OH excluding ortho intramolecular Hbond substituents is 1. The van der Waals surface area contributed by atoms with Crippen molar-refractivity contribution in [1.29, 1.82) is 0 Å². The van der Waals surface area contributed by atoms with E-state index in [2.05, 4.69) is 15.3 Å². The Morgan fingerprint density at radius 1 is 1.26 bits per heavy atom. The molecule has 0 spiro atoms. The number of aromatic hydroxyl groups is 1. The minimum atomic E-state index is -0.590. The van der Waals surface area contributed by atoms with Crippen LogP contribution in [0.5, 0.6) is 5.75 Å². The fraction of sp³-hybridized carbons (Fsp3) is 0. The Kier molecular flexibility index (Phi) is 4.09. The Bertz CT molecular complexity index is 649. The second-order valence-electron chi connectivity index (χ2n) is 3.46. The van der Waals surface area contributed by atoms with Gasteiger partial charge in [0.2, 0.25) is 5.28 Å². The molecule has 0 aliphatic carbocycles. The van der Waals surface area contributed by atoms with Gasteiger partial charge in [-0.05, 0) is 29.8 Å². The maximum Gasteiger partial charge on any atom is 0.259 e. The summed E-state index contributed by atoms with van der Waals surface area (Å²) in [6.45, 7) is 0. The van der Waals surface area contributed by atoms with Crippen molar-refractivity contribution in [3.8, 4) is 5.75 Å². The summed E-state index contributed by atoms with van der Waals surface area (Å²) in [5, 5.41) is 12.3. The molecule has 2 aromatic rings. The van der Waals surface area contributed by atoms with Crippen LogP contribution < -0.4 is 5.32 Å². The molecule has 0 saturated carbocycles. The van der Waals surface area contributed by atoms with E-state index in [1.165, 1.54) is 24.4 Å². The van der Waals surface area contributed by atoms with Crippen molar-refractivity contribution < 1.29 is 9.90 Å². The maximum absolute atomic E-state index is 11.9. The highest BCUT2D eigenvalue weighted by Crippen LogP contribution is 2.24. The molecule has 19 heavy (non-hydrogen) atoms. The van der Waals surface area contributed by atoms with E-state index in [1.54, 1.807) is 0 Å². The number of nitrogens with one attached hydrogen (secondary N) is 1. The molecule has 0 radical (unpaired) electrons. The lowest BCUT2D eigenvalue weighted by molar-refractivity contribution is 0.102. The number of phenols is 1. The minimum Gasteiger partial charge on any atom is -0.507 e. The first kappa shape index (κ1) is 13.9. The number of amides is 1. The topological polar surface area (TPSA) is 75.1 Å². The molecule has 1 heterocycles. The van der Waals surface area contributed by atoms with E-state index in [1.807, 2.05) is 0 Å². The number of anilines is 1. The molecule has 0 atom stereocenters. The normalized spacial score (nSPS) is 10.3. The lowest BCUT2D eigenvalue weighted by atomic mass is 10.2. The van der Waals surface area contributed by atoms with Crippen molar-refractivity contribution in [3.63, 3.8) is 0 Å². The summed E-state index contributed by atoms with van der Waals surface area (Å²) in [6, 6.07) is 4.11. The number of aromatic nitrogens is 2. The second-order valence-corrected chi connectivity index (χ2v) is 4.59. The highest BCUT2D eigenvalue weighted by Gasteiger charge is 2.14. The lowest BCUT2D eigenvalue weighted by Crippen LogP contribution is -2.13. The van der Waals surface area contributed by atoms with E-state index in [0.29, 0.717) is 5.02 Å². The van der Waals surface area contributed by atoms with Crippen LogP contribution in [-0.4, -0.2) is 21.0 Å². The molecule has 2 N–H and O–H groups in total. The van der Waals surface area contributed by atoms with E-state index in [9.17, 15) is 9.90 Å². The monoisotopic (exact) mass is 317 g/mol. The van der Waals surface area contributed by atoms with E-state index in [0.717, 1.165) is 0 Å². The Hall–Kier alpha value is -1.56. The smallest absolute Gasteiger partial charge is 0.259 e. The molecular formula is C11H6Cl3N3O2. The van der Waals surface area contributed by atoms with Crippen LogP contribution in [0.4, 0.5) is 5.69 Å². The van der Waals surface area contributed by atoms with Gasteiger partial charge >= 0.3 is 0 Å². The molecular weight excluding hydrogens is 312 g/mol. The molecule has 0 aliphatic rings. The Balaban J connectivity index is 2.28. The van der Waals surface area contributed by atoms with Crippen LogP contribution in [0.2, 0.25) is 15.5 Å². The quantitative estimate of drug-likeness (QED) is 0.657. The van der Waals surface area contributed by atoms with Crippen molar-refractivity contribution >= 4 is 46.4 Å². The summed E-state index contributed by atoms with van der Waals surface area (Å²) in [5.74, 6) is -0.791. The number of rotatable bonds is 2. The summed E-state index contributed by atoms with van der Waals surface area (Å²) >= 11 is 17.1. The molecule has 1 amide bonds. The van der Waals surface area contributed by atoms with Crippen LogP contribution in [0.3, 0.4) is 0 Å². The first-order chi connectivity index (χ1) is 8.97. The van der Waals surface area contributed by atoms with Gasteiger partial charge in [-0.15, -0.1) is 0 Å². The first-order valence-electron chi connectivity index (χ1n) is 4.95. The fourth-order valence-electron chi connectivity index (χ4n) is 1.30. The van der Waals surface area contributed by atoms with Gasteiger partial charge in [0.15, 0.2) is 5.15 Å².